The SMILES string of the molecule is C1=Cc2ccccc2OC1.[As].[Co].[Cu].[Ni].[Pb].[Zn]. The van der Waals surface area contributed by atoms with Gasteiger partial charge in [-0.1, -0.05) is 24.3 Å². The van der Waals surface area contributed by atoms with Gasteiger partial charge in [-0.3, -0.25) is 0 Å². The summed E-state index contributed by atoms with van der Waals surface area (Å²) in [5, 5.41) is 0. The van der Waals surface area contributed by atoms with Crippen LogP contribution in [0.2, 0.25) is 0 Å². The summed E-state index contributed by atoms with van der Waals surface area (Å²) in [6, 6.07) is 8.03. The molecule has 16 heavy (non-hydrogen) atoms. The van der Waals surface area contributed by atoms with Gasteiger partial charge < -0.3 is 4.74 Å². The van der Waals surface area contributed by atoms with Crippen LogP contribution in [0.15, 0.2) is 30.3 Å². The maximum absolute atomic E-state index is 5.34. The summed E-state index contributed by atoms with van der Waals surface area (Å²) in [5.74, 6) is 0.991. The normalized spacial score (nSPS) is 8.75. The number of para-hydroxylation sites is 1. The Balaban J connectivity index is -0.0000000672. The van der Waals surface area contributed by atoms with Crippen LogP contribution in [-0.2, 0) is 69.8 Å². The van der Waals surface area contributed by atoms with Crippen LogP contribution >= 0.6 is 0 Å². The molecule has 9 radical (unpaired) electrons. The van der Waals surface area contributed by atoms with Crippen LogP contribution in [-0.4, -0.2) is 51.9 Å². The quantitative estimate of drug-likeness (QED) is 0.382. The predicted molar refractivity (Wildman–Crippen MR) is 52.5 cm³/mol. The monoisotopic (exact) mass is 659 g/mol. The van der Waals surface area contributed by atoms with E-state index in [1.807, 2.05) is 30.3 Å². The third-order valence-electron chi connectivity index (χ3n) is 1.55. The van der Waals surface area contributed by atoms with Gasteiger partial charge in [-0.15, -0.1) is 0 Å². The van der Waals surface area contributed by atoms with Crippen LogP contribution in [0, 0.1) is 0 Å². The minimum atomic E-state index is 0. The standard InChI is InChI=1S/C9H8O.As.Co.Cu.Ni.Pb.Zn/c1-2-6-9-8(4-1)5-3-7-10-9;;;;;;/h1-6H,7H2;;;;;;. The minimum Gasteiger partial charge on any atom is -0.489 e. The molecule has 1 aromatic carbocycles. The zero-order chi connectivity index (χ0) is 6.81. The second kappa shape index (κ2) is 17.4. The summed E-state index contributed by atoms with van der Waals surface area (Å²) in [6.07, 6.45) is 4.10. The largest absolute Gasteiger partial charge is 0.489 e. The van der Waals surface area contributed by atoms with Crippen LogP contribution < -0.4 is 4.74 Å². The van der Waals surface area contributed by atoms with Crippen molar-refractivity contribution in [2.75, 3.05) is 6.61 Å². The molecule has 7 heteroatoms. The molecule has 1 aliphatic heterocycles. The Hall–Kier alpha value is 2.38. The van der Waals surface area contributed by atoms with E-state index in [0.29, 0.717) is 6.61 Å². The topological polar surface area (TPSA) is 9.23 Å². The van der Waals surface area contributed by atoms with Gasteiger partial charge in [-0.2, -0.15) is 0 Å². The second-order valence-electron chi connectivity index (χ2n) is 2.25. The molecule has 0 saturated heterocycles. The second-order valence-corrected chi connectivity index (χ2v) is 2.25. The van der Waals surface area contributed by atoms with Crippen LogP contribution in [0.1, 0.15) is 5.56 Å². The zero-order valence-electron chi connectivity index (χ0n) is 8.18. The average molecular weight is 661 g/mol. The van der Waals surface area contributed by atoms with Crippen molar-refractivity contribution in [1.29, 1.82) is 0 Å². The van der Waals surface area contributed by atoms with E-state index < -0.39 is 0 Å². The van der Waals surface area contributed by atoms with Crippen molar-refractivity contribution in [1.82, 2.24) is 0 Å². The van der Waals surface area contributed by atoms with Gasteiger partial charge in [0.2, 0.25) is 0 Å². The average Bonchev–Trinajstić information content (AvgIpc) is 2.05. The Kier molecular flexibility index (Phi) is 33.7. The number of benzene rings is 1. The fourth-order valence-corrected chi connectivity index (χ4v) is 1.06. The molecule has 0 atom stereocenters. The van der Waals surface area contributed by atoms with E-state index in [2.05, 4.69) is 6.08 Å². The van der Waals surface area contributed by atoms with Crippen molar-refractivity contribution >= 4 is 51.3 Å². The number of hydrogen-bond donors (Lipinski definition) is 0. The van der Waals surface area contributed by atoms with Gasteiger partial charge in [-0.05, 0) is 12.1 Å². The number of ether oxygens (including phenoxy) is 1. The fourth-order valence-electron chi connectivity index (χ4n) is 1.06. The summed E-state index contributed by atoms with van der Waals surface area (Å²) in [5.41, 5.74) is 1.17. The molecular weight excluding hydrogens is 653 g/mol. The van der Waals surface area contributed by atoms with Crippen molar-refractivity contribution < 1.29 is 74.6 Å². The maximum atomic E-state index is 5.34. The summed E-state index contributed by atoms with van der Waals surface area (Å²) in [6.45, 7) is 0.705. The van der Waals surface area contributed by atoms with Gasteiger partial charge in [0.05, 0.1) is 0 Å². The first kappa shape index (κ1) is 31.0. The van der Waals surface area contributed by atoms with E-state index in [4.69, 9.17) is 4.74 Å². The van der Waals surface area contributed by atoms with E-state index >= 15 is 0 Å². The Morgan fingerprint density at radius 2 is 1.69 bits per heavy atom. The molecule has 1 aromatic rings. The van der Waals surface area contributed by atoms with Crippen LogP contribution in [0.25, 0.3) is 6.08 Å². The molecule has 0 aliphatic carbocycles. The first-order valence-corrected chi connectivity index (χ1v) is 3.35. The molecule has 91 valence electrons. The van der Waals surface area contributed by atoms with Gasteiger partial charge in [0.25, 0.3) is 0 Å². The Labute approximate surface area is 172 Å². The number of hydrogen-bond acceptors (Lipinski definition) is 1. The van der Waals surface area contributed by atoms with Gasteiger partial charge in [0, 0.05) is 121 Å². The molecule has 0 aromatic heterocycles. The summed E-state index contributed by atoms with van der Waals surface area (Å²) in [4.78, 5) is 0. The van der Waals surface area contributed by atoms with Gasteiger partial charge in [0.15, 0.2) is 0 Å². The molecule has 0 amide bonds. The van der Waals surface area contributed by atoms with Gasteiger partial charge >= 0.3 is 0 Å². The van der Waals surface area contributed by atoms with Crippen molar-refractivity contribution in [3.8, 4) is 5.75 Å². The molecule has 1 aliphatic rings. The number of fused-ring (bicyclic) bond motifs is 1. The fraction of sp³-hybridized carbons (Fsp3) is 0.111. The molecule has 1 heterocycles. The molecule has 0 spiro atoms. The van der Waals surface area contributed by atoms with Crippen LogP contribution in [0.5, 0.6) is 5.75 Å². The van der Waals surface area contributed by atoms with E-state index in [0.717, 1.165) is 5.75 Å². The minimum absolute atomic E-state index is 0. The van der Waals surface area contributed by atoms with Crippen molar-refractivity contribution in [3.63, 3.8) is 0 Å². The summed E-state index contributed by atoms with van der Waals surface area (Å²) in [7, 11) is 0. The third-order valence-corrected chi connectivity index (χ3v) is 1.55. The molecule has 0 bridgehead atoms. The van der Waals surface area contributed by atoms with E-state index in [1.54, 1.807) is 0 Å². The zero-order valence-corrected chi connectivity index (χ0v) is 19.9. The van der Waals surface area contributed by atoms with Crippen molar-refractivity contribution in [2.24, 2.45) is 0 Å². The van der Waals surface area contributed by atoms with Crippen LogP contribution in [0.3, 0.4) is 0 Å². The first-order chi connectivity index (χ1) is 4.97. The van der Waals surface area contributed by atoms with Crippen molar-refractivity contribution in [2.45, 2.75) is 0 Å². The Morgan fingerprint density at radius 1 is 1.12 bits per heavy atom. The van der Waals surface area contributed by atoms with E-state index in [9.17, 15) is 0 Å². The molecule has 0 N–H and O–H groups in total. The molecule has 0 unspecified atom stereocenters. The van der Waals surface area contributed by atoms with Gasteiger partial charge in [0.1, 0.15) is 12.4 Å². The first-order valence-electron chi connectivity index (χ1n) is 3.35. The molecular formula is C9H8AsCoCuNiOPbZn. The molecule has 2 rings (SSSR count). The molecule has 0 saturated carbocycles. The molecule has 0 fully saturated rings. The Morgan fingerprint density at radius 3 is 2.25 bits per heavy atom. The van der Waals surface area contributed by atoms with Crippen LogP contribution in [0.4, 0.5) is 0 Å². The van der Waals surface area contributed by atoms with E-state index in [-0.39, 0.29) is 115 Å². The van der Waals surface area contributed by atoms with Crippen molar-refractivity contribution in [3.05, 3.63) is 35.9 Å². The molecule has 1 nitrogen and oxygen atoms in total. The third kappa shape index (κ3) is 9.33. The smallest absolute Gasteiger partial charge is 0.126 e. The summed E-state index contributed by atoms with van der Waals surface area (Å²) >= 11 is 0. The summed E-state index contributed by atoms with van der Waals surface area (Å²) < 4.78 is 5.34. The number of rotatable bonds is 0. The maximum Gasteiger partial charge on any atom is 0.126 e. The predicted octanol–water partition coefficient (Wildman–Crippen LogP) is 1.32. The Bertz CT molecular complexity index is 294. The van der Waals surface area contributed by atoms with Gasteiger partial charge in [-0.25, -0.2) is 0 Å². The van der Waals surface area contributed by atoms with E-state index in [1.165, 1.54) is 5.56 Å².